The van der Waals surface area contributed by atoms with E-state index in [1.54, 1.807) is 11.3 Å². The first-order chi connectivity index (χ1) is 10.2. The molecule has 106 valence electrons. The zero-order valence-electron chi connectivity index (χ0n) is 11.3. The lowest BCUT2D eigenvalue weighted by atomic mass is 9.85. The van der Waals surface area contributed by atoms with Crippen molar-refractivity contribution >= 4 is 43.3 Å². The Morgan fingerprint density at radius 3 is 3.14 bits per heavy atom. The molecule has 2 heterocycles. The second-order valence-electron chi connectivity index (χ2n) is 5.38. The highest BCUT2D eigenvalue weighted by Crippen LogP contribution is 2.42. The number of nitrogens with two attached hydrogens (primary N) is 1. The van der Waals surface area contributed by atoms with E-state index in [4.69, 9.17) is 5.73 Å². The van der Waals surface area contributed by atoms with Gasteiger partial charge in [-0.15, -0.1) is 11.3 Å². The Morgan fingerprint density at radius 2 is 2.24 bits per heavy atom. The minimum Gasteiger partial charge on any atom is -0.375 e. The number of aromatic nitrogens is 2. The SMILES string of the molecule is Nc1nc2c(s1)C(c1cccc3cc(Br)cnc13)CCC2. The molecule has 1 atom stereocenters. The summed E-state index contributed by atoms with van der Waals surface area (Å²) in [5, 5.41) is 1.86. The van der Waals surface area contributed by atoms with Crippen LogP contribution in [0.4, 0.5) is 5.13 Å². The summed E-state index contributed by atoms with van der Waals surface area (Å²) in [7, 11) is 0. The summed E-state index contributed by atoms with van der Waals surface area (Å²) in [5.74, 6) is 0.376. The molecule has 1 aliphatic carbocycles. The number of nitrogens with zero attached hydrogens (tertiary/aromatic N) is 2. The molecular formula is C16H14BrN3S. The molecule has 0 aliphatic heterocycles. The number of rotatable bonds is 1. The lowest BCUT2D eigenvalue weighted by Crippen LogP contribution is -2.09. The van der Waals surface area contributed by atoms with Crippen LogP contribution in [-0.2, 0) is 6.42 Å². The highest BCUT2D eigenvalue weighted by atomic mass is 79.9. The van der Waals surface area contributed by atoms with Crippen LogP contribution in [0.15, 0.2) is 34.9 Å². The number of thiazole rings is 1. The van der Waals surface area contributed by atoms with Gasteiger partial charge in [0.25, 0.3) is 0 Å². The van der Waals surface area contributed by atoms with Crippen LogP contribution in [-0.4, -0.2) is 9.97 Å². The molecule has 1 unspecified atom stereocenters. The van der Waals surface area contributed by atoms with Gasteiger partial charge in [0.05, 0.1) is 11.2 Å². The number of benzene rings is 1. The van der Waals surface area contributed by atoms with Gasteiger partial charge in [-0.25, -0.2) is 4.98 Å². The maximum Gasteiger partial charge on any atom is 0.180 e. The van der Waals surface area contributed by atoms with Gasteiger partial charge in [0.15, 0.2) is 5.13 Å². The Morgan fingerprint density at radius 1 is 1.33 bits per heavy atom. The molecule has 0 spiro atoms. The zero-order chi connectivity index (χ0) is 14.4. The molecule has 0 bridgehead atoms. The summed E-state index contributed by atoms with van der Waals surface area (Å²) in [6.07, 6.45) is 5.22. The summed E-state index contributed by atoms with van der Waals surface area (Å²) in [6, 6.07) is 8.54. The first-order valence-electron chi connectivity index (χ1n) is 7.01. The highest BCUT2D eigenvalue weighted by molar-refractivity contribution is 9.10. The van der Waals surface area contributed by atoms with E-state index in [9.17, 15) is 0 Å². The van der Waals surface area contributed by atoms with Crippen LogP contribution in [0.2, 0.25) is 0 Å². The quantitative estimate of drug-likeness (QED) is 0.695. The average Bonchev–Trinajstić information content (AvgIpc) is 2.86. The summed E-state index contributed by atoms with van der Waals surface area (Å²) in [6.45, 7) is 0. The van der Waals surface area contributed by atoms with E-state index >= 15 is 0 Å². The van der Waals surface area contributed by atoms with Crippen LogP contribution in [0.5, 0.6) is 0 Å². The van der Waals surface area contributed by atoms with E-state index in [0.717, 1.165) is 29.3 Å². The average molecular weight is 360 g/mol. The number of nitrogen functional groups attached to an aromatic ring is 1. The summed E-state index contributed by atoms with van der Waals surface area (Å²) in [4.78, 5) is 10.5. The number of fused-ring (bicyclic) bond motifs is 2. The van der Waals surface area contributed by atoms with E-state index in [1.807, 2.05) is 6.20 Å². The van der Waals surface area contributed by atoms with Crippen molar-refractivity contribution in [1.29, 1.82) is 0 Å². The topological polar surface area (TPSA) is 51.8 Å². The van der Waals surface area contributed by atoms with Crippen molar-refractivity contribution in [2.24, 2.45) is 0 Å². The number of halogens is 1. The molecule has 0 fully saturated rings. The lowest BCUT2D eigenvalue weighted by molar-refractivity contribution is 0.619. The molecule has 1 aliphatic rings. The Labute approximate surface area is 135 Å². The van der Waals surface area contributed by atoms with Crippen molar-refractivity contribution in [2.45, 2.75) is 25.2 Å². The van der Waals surface area contributed by atoms with Crippen LogP contribution in [0.3, 0.4) is 0 Å². The van der Waals surface area contributed by atoms with Gasteiger partial charge >= 0.3 is 0 Å². The normalized spacial score (nSPS) is 17.9. The molecule has 5 heteroatoms. The van der Waals surface area contributed by atoms with Crippen LogP contribution in [0.1, 0.15) is 34.9 Å². The van der Waals surface area contributed by atoms with Crippen LogP contribution in [0, 0.1) is 0 Å². The fourth-order valence-electron chi connectivity index (χ4n) is 3.17. The van der Waals surface area contributed by atoms with Crippen LogP contribution >= 0.6 is 27.3 Å². The van der Waals surface area contributed by atoms with Crippen LogP contribution in [0.25, 0.3) is 10.9 Å². The molecule has 2 aromatic heterocycles. The maximum absolute atomic E-state index is 5.92. The number of para-hydroxylation sites is 1. The number of anilines is 1. The van der Waals surface area contributed by atoms with Gasteiger partial charge in [0.2, 0.25) is 0 Å². The van der Waals surface area contributed by atoms with Gasteiger partial charge in [-0.05, 0) is 46.8 Å². The third-order valence-corrected chi connectivity index (χ3v) is 5.53. The Balaban J connectivity index is 1.91. The molecular weight excluding hydrogens is 346 g/mol. The fourth-order valence-corrected chi connectivity index (χ4v) is 4.56. The predicted molar refractivity (Wildman–Crippen MR) is 90.8 cm³/mol. The first-order valence-corrected chi connectivity index (χ1v) is 8.62. The van der Waals surface area contributed by atoms with Gasteiger partial charge in [0, 0.05) is 26.9 Å². The molecule has 3 nitrogen and oxygen atoms in total. The molecule has 21 heavy (non-hydrogen) atoms. The van der Waals surface area contributed by atoms with Crippen molar-refractivity contribution in [3.8, 4) is 0 Å². The van der Waals surface area contributed by atoms with Crippen molar-refractivity contribution in [3.05, 3.63) is 51.1 Å². The summed E-state index contributed by atoms with van der Waals surface area (Å²) < 4.78 is 1.01. The highest BCUT2D eigenvalue weighted by Gasteiger charge is 2.27. The van der Waals surface area contributed by atoms with E-state index in [-0.39, 0.29) is 0 Å². The van der Waals surface area contributed by atoms with Crippen molar-refractivity contribution in [3.63, 3.8) is 0 Å². The van der Waals surface area contributed by atoms with E-state index in [0.29, 0.717) is 11.0 Å². The smallest absolute Gasteiger partial charge is 0.180 e. The zero-order valence-corrected chi connectivity index (χ0v) is 13.7. The fraction of sp³-hybridized carbons (Fsp3) is 0.250. The standard InChI is InChI=1S/C16H14BrN3S/c17-10-7-9-3-1-4-11(14(9)19-8-10)12-5-2-6-13-15(12)21-16(18)20-13/h1,3-4,7-8,12H,2,5-6H2,(H2,18,20). The predicted octanol–water partition coefficient (Wildman–Crippen LogP) is 4.50. The summed E-state index contributed by atoms with van der Waals surface area (Å²) >= 11 is 5.13. The largest absolute Gasteiger partial charge is 0.375 e. The van der Waals surface area contributed by atoms with Crippen molar-refractivity contribution in [1.82, 2.24) is 9.97 Å². The van der Waals surface area contributed by atoms with Crippen LogP contribution < -0.4 is 5.73 Å². The van der Waals surface area contributed by atoms with Gasteiger partial charge in [0.1, 0.15) is 0 Å². The minimum atomic E-state index is 0.376. The molecule has 3 aromatic rings. The Hall–Kier alpha value is -1.46. The molecule has 4 rings (SSSR count). The second-order valence-corrected chi connectivity index (χ2v) is 7.36. The third-order valence-electron chi connectivity index (χ3n) is 4.05. The van der Waals surface area contributed by atoms with E-state index in [1.165, 1.54) is 21.5 Å². The van der Waals surface area contributed by atoms with E-state index in [2.05, 4.69) is 50.2 Å². The number of aryl methyl sites for hydroxylation is 1. The molecule has 0 radical (unpaired) electrons. The van der Waals surface area contributed by atoms with Crippen molar-refractivity contribution in [2.75, 3.05) is 5.73 Å². The van der Waals surface area contributed by atoms with Gasteiger partial charge in [-0.1, -0.05) is 18.2 Å². The molecule has 1 aromatic carbocycles. The number of hydrogen-bond acceptors (Lipinski definition) is 4. The Bertz CT molecular complexity index is 828. The number of hydrogen-bond donors (Lipinski definition) is 1. The monoisotopic (exact) mass is 359 g/mol. The molecule has 2 N–H and O–H groups in total. The molecule has 0 saturated heterocycles. The number of pyridine rings is 1. The van der Waals surface area contributed by atoms with Gasteiger partial charge < -0.3 is 5.73 Å². The second kappa shape index (κ2) is 5.07. The van der Waals surface area contributed by atoms with Gasteiger partial charge in [-0.3, -0.25) is 4.98 Å². The minimum absolute atomic E-state index is 0.376. The first kappa shape index (κ1) is 13.2. The maximum atomic E-state index is 5.92. The van der Waals surface area contributed by atoms with Crippen molar-refractivity contribution < 1.29 is 0 Å². The van der Waals surface area contributed by atoms with Gasteiger partial charge in [-0.2, -0.15) is 0 Å². The lowest BCUT2D eigenvalue weighted by Gasteiger charge is -2.22. The molecule has 0 saturated carbocycles. The third kappa shape index (κ3) is 2.24. The molecule has 0 amide bonds. The van der Waals surface area contributed by atoms with E-state index < -0.39 is 0 Å². The summed E-state index contributed by atoms with van der Waals surface area (Å²) in [5.41, 5.74) is 9.48. The Kier molecular flexibility index (Phi) is 3.19.